The molecular weight excluding hydrogens is 306 g/mol. The van der Waals surface area contributed by atoms with Crippen molar-refractivity contribution in [2.24, 2.45) is 0 Å². The van der Waals surface area contributed by atoms with Crippen LogP contribution in [0.2, 0.25) is 0 Å². The molecule has 3 atom stereocenters. The Kier molecular flexibility index (Phi) is 5.46. The van der Waals surface area contributed by atoms with Crippen LogP contribution in [-0.2, 0) is 4.74 Å². The molecule has 3 rings (SSSR count). The molecule has 0 unspecified atom stereocenters. The molecule has 24 heavy (non-hydrogen) atoms. The summed E-state index contributed by atoms with van der Waals surface area (Å²) in [6, 6.07) is 4.12. The van der Waals surface area contributed by atoms with Gasteiger partial charge in [-0.15, -0.1) is 0 Å². The summed E-state index contributed by atoms with van der Waals surface area (Å²) >= 11 is 0. The third kappa shape index (κ3) is 4.30. The second-order valence-electron chi connectivity index (χ2n) is 7.08. The molecule has 1 aliphatic carbocycles. The Bertz CT molecular complexity index is 520. The number of hydrogen-bond donors (Lipinski definition) is 1. The maximum atomic E-state index is 12.7. The minimum atomic E-state index is -0.0315. The number of hydrogen-bond acceptors (Lipinski definition) is 4. The van der Waals surface area contributed by atoms with Crippen molar-refractivity contribution in [3.8, 4) is 0 Å². The van der Waals surface area contributed by atoms with E-state index in [9.17, 15) is 4.79 Å². The highest BCUT2D eigenvalue weighted by Crippen LogP contribution is 2.34. The van der Waals surface area contributed by atoms with E-state index in [0.29, 0.717) is 12.6 Å². The first-order chi connectivity index (χ1) is 11.5. The van der Waals surface area contributed by atoms with E-state index >= 15 is 0 Å². The Morgan fingerprint density at radius 2 is 2.08 bits per heavy atom. The molecule has 1 N–H and O–H groups in total. The van der Waals surface area contributed by atoms with Crippen LogP contribution < -0.4 is 5.32 Å². The van der Waals surface area contributed by atoms with E-state index in [2.05, 4.69) is 24.1 Å². The van der Waals surface area contributed by atoms with E-state index in [1.54, 1.807) is 6.26 Å². The highest BCUT2D eigenvalue weighted by Gasteiger charge is 2.37. The van der Waals surface area contributed by atoms with Crippen LogP contribution >= 0.6 is 0 Å². The van der Waals surface area contributed by atoms with Crippen molar-refractivity contribution < 1.29 is 13.9 Å². The summed E-state index contributed by atoms with van der Waals surface area (Å²) in [5.41, 5.74) is 0. The van der Waals surface area contributed by atoms with Crippen molar-refractivity contribution in [2.45, 2.75) is 57.9 Å². The molecule has 2 amide bonds. The van der Waals surface area contributed by atoms with Crippen LogP contribution in [0, 0.1) is 0 Å². The number of morpholine rings is 1. The lowest BCUT2D eigenvalue weighted by Crippen LogP contribution is -2.49. The van der Waals surface area contributed by atoms with Gasteiger partial charge >= 0.3 is 6.03 Å². The van der Waals surface area contributed by atoms with Crippen LogP contribution in [0.15, 0.2) is 22.8 Å². The third-order valence-electron chi connectivity index (χ3n) is 4.75. The fourth-order valence-corrected chi connectivity index (χ4v) is 3.56. The number of nitrogens with zero attached hydrogens (tertiary/aromatic N) is 2. The van der Waals surface area contributed by atoms with Crippen LogP contribution in [0.4, 0.5) is 4.79 Å². The van der Waals surface area contributed by atoms with E-state index in [4.69, 9.17) is 9.15 Å². The molecule has 134 valence electrons. The van der Waals surface area contributed by atoms with Crippen LogP contribution in [0.25, 0.3) is 0 Å². The van der Waals surface area contributed by atoms with E-state index in [1.807, 2.05) is 24.0 Å². The average molecular weight is 335 g/mol. The molecule has 6 nitrogen and oxygen atoms in total. The molecule has 1 aromatic heterocycles. The van der Waals surface area contributed by atoms with E-state index in [0.717, 1.165) is 38.2 Å². The van der Waals surface area contributed by atoms with Crippen LogP contribution in [0.5, 0.6) is 0 Å². The van der Waals surface area contributed by atoms with Crippen molar-refractivity contribution in [3.63, 3.8) is 0 Å². The summed E-state index contributed by atoms with van der Waals surface area (Å²) < 4.78 is 11.2. The van der Waals surface area contributed by atoms with E-state index in [1.165, 1.54) is 0 Å². The van der Waals surface area contributed by atoms with E-state index < -0.39 is 0 Å². The number of nitrogens with one attached hydrogen (secondary N) is 1. The number of rotatable bonds is 6. The smallest absolute Gasteiger partial charge is 0.318 e. The summed E-state index contributed by atoms with van der Waals surface area (Å²) in [4.78, 5) is 17.0. The van der Waals surface area contributed by atoms with Gasteiger partial charge in [0.15, 0.2) is 0 Å². The van der Waals surface area contributed by atoms with Gasteiger partial charge in [0.1, 0.15) is 5.76 Å². The molecule has 0 bridgehead atoms. The van der Waals surface area contributed by atoms with Gasteiger partial charge < -0.3 is 19.4 Å². The molecule has 2 fully saturated rings. The molecule has 1 aliphatic heterocycles. The molecule has 0 spiro atoms. The van der Waals surface area contributed by atoms with Crippen LogP contribution in [0.3, 0.4) is 0 Å². The lowest BCUT2D eigenvalue weighted by atomic mass is 10.2. The lowest BCUT2D eigenvalue weighted by Gasteiger charge is -2.35. The molecule has 2 aliphatic rings. The third-order valence-corrected chi connectivity index (χ3v) is 4.75. The zero-order chi connectivity index (χ0) is 17.1. The monoisotopic (exact) mass is 335 g/mol. The zero-order valence-electron chi connectivity index (χ0n) is 14.9. The molecule has 1 saturated heterocycles. The van der Waals surface area contributed by atoms with Crippen molar-refractivity contribution in [1.29, 1.82) is 0 Å². The molecule has 6 heteroatoms. The van der Waals surface area contributed by atoms with Crippen molar-refractivity contribution in [2.75, 3.05) is 26.2 Å². The van der Waals surface area contributed by atoms with Gasteiger partial charge in [-0.25, -0.2) is 4.79 Å². The maximum absolute atomic E-state index is 12.7. The summed E-state index contributed by atoms with van der Waals surface area (Å²) in [7, 11) is 0. The largest absolute Gasteiger partial charge is 0.467 e. The number of ether oxygens (including phenoxy) is 1. The summed E-state index contributed by atoms with van der Waals surface area (Å²) in [5.74, 6) is 0.841. The molecule has 1 saturated carbocycles. The molecular formula is C18H29N3O3. The van der Waals surface area contributed by atoms with Crippen molar-refractivity contribution in [1.82, 2.24) is 15.1 Å². The predicted molar refractivity (Wildman–Crippen MR) is 91.8 cm³/mol. The predicted octanol–water partition coefficient (Wildman–Crippen LogP) is 2.62. The first kappa shape index (κ1) is 17.3. The first-order valence-electron chi connectivity index (χ1n) is 9.02. The second kappa shape index (κ2) is 7.57. The molecule has 0 aromatic carbocycles. The van der Waals surface area contributed by atoms with Crippen molar-refractivity contribution in [3.05, 3.63) is 24.2 Å². The number of urea groups is 1. The van der Waals surface area contributed by atoms with Gasteiger partial charge in [0, 0.05) is 32.2 Å². The standard InChI is InChI=1S/C18H29N3O3/c1-13-11-20(12-14(2)24-13)9-8-19-18(22)21(16-6-7-16)15(3)17-5-4-10-23-17/h4-5,10,13-16H,6-9,11-12H2,1-3H3,(H,19,22)/t13-,14-,15+/m1/s1. The van der Waals surface area contributed by atoms with Gasteiger partial charge in [0.05, 0.1) is 24.5 Å². The lowest BCUT2D eigenvalue weighted by molar-refractivity contribution is -0.0673. The highest BCUT2D eigenvalue weighted by molar-refractivity contribution is 5.75. The van der Waals surface area contributed by atoms with Gasteiger partial charge in [-0.3, -0.25) is 4.90 Å². The van der Waals surface area contributed by atoms with Gasteiger partial charge in [-0.2, -0.15) is 0 Å². The Balaban J connectivity index is 1.49. The topological polar surface area (TPSA) is 58.0 Å². The SMILES string of the molecule is C[C@@H]1CN(CCNC(=O)N(C2CC2)[C@@H](C)c2ccco2)C[C@@H](C)O1. The molecule has 1 aromatic rings. The fraction of sp³-hybridized carbons (Fsp3) is 0.722. The minimum Gasteiger partial charge on any atom is -0.467 e. The highest BCUT2D eigenvalue weighted by atomic mass is 16.5. The number of furan rings is 1. The summed E-state index contributed by atoms with van der Waals surface area (Å²) in [6.45, 7) is 9.60. The van der Waals surface area contributed by atoms with Gasteiger partial charge in [0.2, 0.25) is 0 Å². The summed E-state index contributed by atoms with van der Waals surface area (Å²) in [5, 5.41) is 3.09. The summed E-state index contributed by atoms with van der Waals surface area (Å²) in [6.07, 6.45) is 4.33. The number of carbonyl (C=O) groups is 1. The van der Waals surface area contributed by atoms with Crippen LogP contribution in [0.1, 0.15) is 45.4 Å². The Morgan fingerprint density at radius 3 is 2.67 bits per heavy atom. The number of carbonyl (C=O) groups excluding carboxylic acids is 1. The van der Waals surface area contributed by atoms with E-state index in [-0.39, 0.29) is 24.3 Å². The van der Waals surface area contributed by atoms with Crippen molar-refractivity contribution >= 4 is 6.03 Å². The number of amides is 2. The van der Waals surface area contributed by atoms with Crippen LogP contribution in [-0.4, -0.2) is 60.3 Å². The van der Waals surface area contributed by atoms with Gasteiger partial charge in [-0.05, 0) is 45.7 Å². The average Bonchev–Trinajstić information content (AvgIpc) is 3.18. The molecule has 0 radical (unpaired) electrons. The fourth-order valence-electron chi connectivity index (χ4n) is 3.56. The Labute approximate surface area is 144 Å². The first-order valence-corrected chi connectivity index (χ1v) is 9.02. The maximum Gasteiger partial charge on any atom is 0.318 e. The molecule has 2 heterocycles. The van der Waals surface area contributed by atoms with Gasteiger partial charge in [-0.1, -0.05) is 0 Å². The Morgan fingerprint density at radius 1 is 1.38 bits per heavy atom. The minimum absolute atomic E-state index is 0.00996. The zero-order valence-corrected chi connectivity index (χ0v) is 14.9. The second-order valence-corrected chi connectivity index (χ2v) is 7.08. The Hall–Kier alpha value is -1.53. The quantitative estimate of drug-likeness (QED) is 0.868. The van der Waals surface area contributed by atoms with Gasteiger partial charge in [0.25, 0.3) is 0 Å². The normalized spacial score (nSPS) is 26.1.